The zero-order valence-electron chi connectivity index (χ0n) is 14.4. The highest BCUT2D eigenvalue weighted by atomic mass is 32.1. The molecule has 0 spiro atoms. The molecule has 3 heterocycles. The fraction of sp³-hybridized carbons (Fsp3) is 0.529. The van der Waals surface area contributed by atoms with E-state index in [4.69, 9.17) is 4.74 Å². The van der Waals surface area contributed by atoms with Crippen molar-refractivity contribution in [3.63, 3.8) is 0 Å². The van der Waals surface area contributed by atoms with Crippen LogP contribution in [0, 0.1) is 6.92 Å². The van der Waals surface area contributed by atoms with Crippen LogP contribution < -0.4 is 0 Å². The SMILES string of the molecule is Cc1ncsc1CN1Cc2cccn2C(COCC(=O)N(C)C)C1. The summed E-state index contributed by atoms with van der Waals surface area (Å²) in [5.74, 6) is -0.00400. The predicted molar refractivity (Wildman–Crippen MR) is 93.9 cm³/mol. The van der Waals surface area contributed by atoms with E-state index in [1.165, 1.54) is 10.6 Å². The first-order chi connectivity index (χ1) is 11.5. The number of ether oxygens (including phenoxy) is 1. The quantitative estimate of drug-likeness (QED) is 0.800. The molecule has 3 rings (SSSR count). The summed E-state index contributed by atoms with van der Waals surface area (Å²) in [4.78, 5) is 21.3. The number of fused-ring (bicyclic) bond motifs is 1. The summed E-state index contributed by atoms with van der Waals surface area (Å²) in [5.41, 5.74) is 4.31. The van der Waals surface area contributed by atoms with Crippen LogP contribution in [0.5, 0.6) is 0 Å². The molecule has 0 saturated carbocycles. The van der Waals surface area contributed by atoms with Crippen LogP contribution in [0.4, 0.5) is 0 Å². The van der Waals surface area contributed by atoms with Gasteiger partial charge in [-0.05, 0) is 19.1 Å². The summed E-state index contributed by atoms with van der Waals surface area (Å²) >= 11 is 1.71. The summed E-state index contributed by atoms with van der Waals surface area (Å²) in [5, 5.41) is 0. The molecule has 0 saturated heterocycles. The maximum absolute atomic E-state index is 11.7. The van der Waals surface area contributed by atoms with Gasteiger partial charge in [0.1, 0.15) is 6.61 Å². The lowest BCUT2D eigenvalue weighted by atomic mass is 10.2. The number of likely N-dealkylation sites (N-methyl/N-ethyl adjacent to an activating group) is 1. The number of thiazole rings is 1. The van der Waals surface area contributed by atoms with Crippen molar-refractivity contribution in [1.29, 1.82) is 0 Å². The number of hydrogen-bond acceptors (Lipinski definition) is 5. The molecule has 2 aromatic rings. The van der Waals surface area contributed by atoms with Crippen LogP contribution in [-0.4, -0.2) is 59.1 Å². The Labute approximate surface area is 146 Å². The average molecular weight is 348 g/mol. The van der Waals surface area contributed by atoms with Gasteiger partial charge in [-0.3, -0.25) is 9.69 Å². The minimum Gasteiger partial charge on any atom is -0.369 e. The number of hydrogen-bond donors (Lipinski definition) is 0. The molecule has 1 amide bonds. The predicted octanol–water partition coefficient (Wildman–Crippen LogP) is 1.91. The van der Waals surface area contributed by atoms with Gasteiger partial charge in [0.05, 0.1) is 23.9 Å². The van der Waals surface area contributed by atoms with E-state index in [-0.39, 0.29) is 18.6 Å². The highest BCUT2D eigenvalue weighted by molar-refractivity contribution is 7.09. The van der Waals surface area contributed by atoms with Gasteiger partial charge < -0.3 is 14.2 Å². The Balaban J connectivity index is 1.63. The molecule has 0 fully saturated rings. The molecule has 0 aromatic carbocycles. The second-order valence-electron chi connectivity index (χ2n) is 6.39. The lowest BCUT2D eigenvalue weighted by Gasteiger charge is -2.34. The van der Waals surface area contributed by atoms with Crippen LogP contribution in [0.25, 0.3) is 0 Å². The van der Waals surface area contributed by atoms with E-state index < -0.39 is 0 Å². The molecule has 24 heavy (non-hydrogen) atoms. The third-order valence-corrected chi connectivity index (χ3v) is 5.28. The first-order valence-corrected chi connectivity index (χ1v) is 8.97. The Morgan fingerprint density at radius 1 is 1.50 bits per heavy atom. The molecule has 6 nitrogen and oxygen atoms in total. The van der Waals surface area contributed by atoms with Crippen molar-refractivity contribution in [3.05, 3.63) is 40.1 Å². The smallest absolute Gasteiger partial charge is 0.248 e. The van der Waals surface area contributed by atoms with E-state index in [9.17, 15) is 4.79 Å². The first-order valence-electron chi connectivity index (χ1n) is 8.09. The van der Waals surface area contributed by atoms with Gasteiger partial charge in [0.15, 0.2) is 0 Å². The van der Waals surface area contributed by atoms with Crippen molar-refractivity contribution < 1.29 is 9.53 Å². The third kappa shape index (κ3) is 3.85. The lowest BCUT2D eigenvalue weighted by Crippen LogP contribution is -2.39. The number of aryl methyl sites for hydroxylation is 1. The Morgan fingerprint density at radius 2 is 2.33 bits per heavy atom. The molecular weight excluding hydrogens is 324 g/mol. The van der Waals surface area contributed by atoms with E-state index in [2.05, 4.69) is 39.7 Å². The first kappa shape index (κ1) is 17.1. The van der Waals surface area contributed by atoms with Crippen LogP contribution in [0.1, 0.15) is 22.3 Å². The normalized spacial score (nSPS) is 17.7. The molecule has 130 valence electrons. The molecule has 7 heteroatoms. The van der Waals surface area contributed by atoms with Crippen molar-refractivity contribution in [3.8, 4) is 0 Å². The highest BCUT2D eigenvalue weighted by Gasteiger charge is 2.25. The van der Waals surface area contributed by atoms with Gasteiger partial charge in [-0.15, -0.1) is 11.3 Å². The Hall–Kier alpha value is -1.70. The molecule has 1 aliphatic rings. The fourth-order valence-corrected chi connectivity index (χ4v) is 3.76. The van der Waals surface area contributed by atoms with Crippen LogP contribution in [0.2, 0.25) is 0 Å². The molecule has 0 aliphatic carbocycles. The zero-order valence-corrected chi connectivity index (χ0v) is 15.3. The summed E-state index contributed by atoms with van der Waals surface area (Å²) < 4.78 is 7.96. The van der Waals surface area contributed by atoms with Gasteiger partial charge in [-0.2, -0.15) is 0 Å². The second-order valence-corrected chi connectivity index (χ2v) is 7.33. The number of aromatic nitrogens is 2. The van der Waals surface area contributed by atoms with Crippen molar-refractivity contribution in [2.24, 2.45) is 0 Å². The summed E-state index contributed by atoms with van der Waals surface area (Å²) in [7, 11) is 3.49. The van der Waals surface area contributed by atoms with E-state index in [0.717, 1.165) is 25.3 Å². The lowest BCUT2D eigenvalue weighted by molar-refractivity contribution is -0.134. The minimum absolute atomic E-state index is 0.00400. The van der Waals surface area contributed by atoms with Crippen molar-refractivity contribution >= 4 is 17.2 Å². The van der Waals surface area contributed by atoms with Gasteiger partial charge in [-0.25, -0.2) is 4.98 Å². The number of amides is 1. The molecular formula is C17H24N4O2S. The largest absolute Gasteiger partial charge is 0.369 e. The molecule has 1 atom stereocenters. The Morgan fingerprint density at radius 3 is 3.04 bits per heavy atom. The van der Waals surface area contributed by atoms with Gasteiger partial charge in [-0.1, -0.05) is 0 Å². The number of rotatable bonds is 6. The van der Waals surface area contributed by atoms with Crippen LogP contribution >= 0.6 is 11.3 Å². The highest BCUT2D eigenvalue weighted by Crippen LogP contribution is 2.25. The standard InChI is InChI=1S/C17H24N4O2S/c1-13-16(24-12-18-13)9-20-7-14-5-4-6-21(14)15(8-20)10-23-11-17(22)19(2)3/h4-6,12,15H,7-11H2,1-3H3. The molecule has 0 radical (unpaired) electrons. The van der Waals surface area contributed by atoms with Gasteiger partial charge >= 0.3 is 0 Å². The van der Waals surface area contributed by atoms with Gasteiger partial charge in [0.25, 0.3) is 0 Å². The van der Waals surface area contributed by atoms with E-state index in [1.807, 2.05) is 5.51 Å². The summed E-state index contributed by atoms with van der Waals surface area (Å²) in [6.45, 7) is 5.49. The van der Waals surface area contributed by atoms with E-state index in [1.54, 1.807) is 30.3 Å². The average Bonchev–Trinajstić information content (AvgIpc) is 3.16. The topological polar surface area (TPSA) is 50.6 Å². The van der Waals surface area contributed by atoms with E-state index >= 15 is 0 Å². The monoisotopic (exact) mass is 348 g/mol. The van der Waals surface area contributed by atoms with Crippen molar-refractivity contribution in [2.75, 3.05) is 33.9 Å². The third-order valence-electron chi connectivity index (χ3n) is 4.36. The molecule has 1 unspecified atom stereocenters. The van der Waals surface area contributed by atoms with Gasteiger partial charge in [0.2, 0.25) is 5.91 Å². The van der Waals surface area contributed by atoms with Crippen LogP contribution in [0.15, 0.2) is 23.8 Å². The van der Waals surface area contributed by atoms with Crippen molar-refractivity contribution in [2.45, 2.75) is 26.1 Å². The number of carbonyl (C=O) groups excluding carboxylic acids is 1. The summed E-state index contributed by atoms with van der Waals surface area (Å²) in [6.07, 6.45) is 2.10. The maximum Gasteiger partial charge on any atom is 0.248 e. The van der Waals surface area contributed by atoms with Crippen molar-refractivity contribution in [1.82, 2.24) is 19.4 Å². The van der Waals surface area contributed by atoms with Gasteiger partial charge in [0, 0.05) is 50.5 Å². The van der Waals surface area contributed by atoms with Crippen LogP contribution in [-0.2, 0) is 22.6 Å². The number of nitrogens with zero attached hydrogens (tertiary/aromatic N) is 4. The number of carbonyl (C=O) groups is 1. The second kappa shape index (κ2) is 7.46. The van der Waals surface area contributed by atoms with E-state index in [0.29, 0.717) is 6.61 Å². The molecule has 0 N–H and O–H groups in total. The fourth-order valence-electron chi connectivity index (χ4n) is 2.94. The molecule has 2 aromatic heterocycles. The molecule has 1 aliphatic heterocycles. The summed E-state index contributed by atoms with van der Waals surface area (Å²) in [6, 6.07) is 4.46. The molecule has 0 bridgehead atoms. The Bertz CT molecular complexity index is 694. The zero-order chi connectivity index (χ0) is 17.1. The Kier molecular flexibility index (Phi) is 5.33. The minimum atomic E-state index is -0.00400. The van der Waals surface area contributed by atoms with Crippen LogP contribution in [0.3, 0.4) is 0 Å². The maximum atomic E-state index is 11.7.